The van der Waals surface area contributed by atoms with Gasteiger partial charge in [0.15, 0.2) is 0 Å². The molecule has 4 nitrogen and oxygen atoms in total. The summed E-state index contributed by atoms with van der Waals surface area (Å²) in [7, 11) is 0. The molecule has 2 aromatic rings. The molecule has 0 radical (unpaired) electrons. The van der Waals surface area contributed by atoms with E-state index in [1.165, 1.54) is 11.6 Å². The maximum atomic E-state index is 13.6. The minimum Gasteiger partial charge on any atom is -0.398 e. The van der Waals surface area contributed by atoms with Crippen LogP contribution in [0.1, 0.15) is 11.1 Å². The van der Waals surface area contributed by atoms with E-state index in [1.54, 1.807) is 23.1 Å². The minimum absolute atomic E-state index is 0.189. The zero-order chi connectivity index (χ0) is 14.8. The van der Waals surface area contributed by atoms with Crippen LogP contribution in [0.2, 0.25) is 0 Å². The highest BCUT2D eigenvalue weighted by Crippen LogP contribution is 2.25. The maximum Gasteiger partial charge on any atom is 0.322 e. The number of hydrogen-bond donors (Lipinski definition) is 2. The van der Waals surface area contributed by atoms with Crippen molar-refractivity contribution in [2.45, 2.75) is 13.0 Å². The van der Waals surface area contributed by atoms with Crippen LogP contribution in [-0.4, -0.2) is 17.5 Å². The Morgan fingerprint density at radius 1 is 1.19 bits per heavy atom. The van der Waals surface area contributed by atoms with Crippen molar-refractivity contribution in [3.05, 3.63) is 59.4 Å². The van der Waals surface area contributed by atoms with Gasteiger partial charge < -0.3 is 16.0 Å². The van der Waals surface area contributed by atoms with Gasteiger partial charge in [-0.1, -0.05) is 24.3 Å². The van der Waals surface area contributed by atoms with Gasteiger partial charge in [0.2, 0.25) is 0 Å². The summed E-state index contributed by atoms with van der Waals surface area (Å²) >= 11 is 0. The number of nitrogens with two attached hydrogens (primary N) is 1. The van der Waals surface area contributed by atoms with E-state index in [0.29, 0.717) is 18.8 Å². The number of halogens is 1. The van der Waals surface area contributed by atoms with E-state index in [2.05, 4.69) is 5.32 Å². The average Bonchev–Trinajstić information content (AvgIpc) is 2.50. The van der Waals surface area contributed by atoms with E-state index in [4.69, 9.17) is 5.73 Å². The van der Waals surface area contributed by atoms with Gasteiger partial charge in [-0.15, -0.1) is 0 Å². The molecule has 0 bridgehead atoms. The Balaban J connectivity index is 1.76. The molecule has 108 valence electrons. The van der Waals surface area contributed by atoms with Gasteiger partial charge in [0.25, 0.3) is 0 Å². The molecular weight excluding hydrogens is 269 g/mol. The van der Waals surface area contributed by atoms with Gasteiger partial charge in [0, 0.05) is 18.8 Å². The van der Waals surface area contributed by atoms with Crippen LogP contribution in [0.5, 0.6) is 0 Å². The predicted octanol–water partition coefficient (Wildman–Crippen LogP) is 3.00. The molecule has 21 heavy (non-hydrogen) atoms. The summed E-state index contributed by atoms with van der Waals surface area (Å²) in [5, 5.41) is 2.60. The molecule has 0 aliphatic carbocycles. The number of carbonyl (C=O) groups is 1. The summed E-state index contributed by atoms with van der Waals surface area (Å²) in [5.41, 5.74) is 8.99. The van der Waals surface area contributed by atoms with Crippen molar-refractivity contribution < 1.29 is 9.18 Å². The van der Waals surface area contributed by atoms with Crippen LogP contribution >= 0.6 is 0 Å². The molecular formula is C16H16FN3O. The number of benzene rings is 2. The lowest BCUT2D eigenvalue weighted by Crippen LogP contribution is -2.39. The maximum absolute atomic E-state index is 13.6. The average molecular weight is 285 g/mol. The highest BCUT2D eigenvalue weighted by atomic mass is 19.1. The van der Waals surface area contributed by atoms with E-state index >= 15 is 0 Å². The molecule has 1 aliphatic rings. The van der Waals surface area contributed by atoms with E-state index < -0.39 is 5.82 Å². The van der Waals surface area contributed by atoms with E-state index in [9.17, 15) is 9.18 Å². The monoisotopic (exact) mass is 285 g/mol. The van der Waals surface area contributed by atoms with Crippen molar-refractivity contribution in [2.75, 3.05) is 17.6 Å². The molecule has 5 heteroatoms. The van der Waals surface area contributed by atoms with Crippen LogP contribution in [0.3, 0.4) is 0 Å². The fraction of sp³-hybridized carbons (Fsp3) is 0.188. The summed E-state index contributed by atoms with van der Waals surface area (Å²) in [6, 6.07) is 11.6. The Morgan fingerprint density at radius 2 is 2.00 bits per heavy atom. The van der Waals surface area contributed by atoms with E-state index in [-0.39, 0.29) is 11.7 Å². The summed E-state index contributed by atoms with van der Waals surface area (Å²) in [5.74, 6) is -0.442. The fourth-order valence-electron chi connectivity index (χ4n) is 2.54. The molecule has 1 aliphatic heterocycles. The van der Waals surface area contributed by atoms with Crippen LogP contribution in [0.4, 0.5) is 20.6 Å². The third-order valence-corrected chi connectivity index (χ3v) is 3.71. The number of rotatable bonds is 1. The van der Waals surface area contributed by atoms with Gasteiger partial charge in [-0.2, -0.15) is 0 Å². The number of urea groups is 1. The SMILES string of the molecule is Nc1cccc2c1CN(C(=O)Nc1ccccc1F)CC2. The summed E-state index contributed by atoms with van der Waals surface area (Å²) in [6.45, 7) is 1.04. The lowest BCUT2D eigenvalue weighted by Gasteiger charge is -2.29. The summed E-state index contributed by atoms with van der Waals surface area (Å²) < 4.78 is 13.6. The van der Waals surface area contributed by atoms with Crippen LogP contribution in [0.15, 0.2) is 42.5 Å². The van der Waals surface area contributed by atoms with Crippen LogP contribution in [0, 0.1) is 5.82 Å². The molecule has 3 N–H and O–H groups in total. The van der Waals surface area contributed by atoms with Gasteiger partial charge in [0.05, 0.1) is 5.69 Å². The Labute approximate surface area is 122 Å². The van der Waals surface area contributed by atoms with Crippen LogP contribution in [0.25, 0.3) is 0 Å². The second-order valence-corrected chi connectivity index (χ2v) is 5.07. The Morgan fingerprint density at radius 3 is 2.81 bits per heavy atom. The number of hydrogen-bond acceptors (Lipinski definition) is 2. The molecule has 2 aromatic carbocycles. The molecule has 0 unspecified atom stereocenters. The second-order valence-electron chi connectivity index (χ2n) is 5.07. The first-order chi connectivity index (χ1) is 10.1. The number of fused-ring (bicyclic) bond motifs is 1. The number of nitrogen functional groups attached to an aromatic ring is 1. The number of anilines is 2. The molecule has 3 rings (SSSR count). The van der Waals surface area contributed by atoms with E-state index in [0.717, 1.165) is 12.0 Å². The third kappa shape index (κ3) is 2.67. The van der Waals surface area contributed by atoms with Crippen molar-refractivity contribution in [2.24, 2.45) is 0 Å². The van der Waals surface area contributed by atoms with E-state index in [1.807, 2.05) is 18.2 Å². The molecule has 0 fully saturated rings. The van der Waals surface area contributed by atoms with Crippen molar-refractivity contribution in [3.8, 4) is 0 Å². The van der Waals surface area contributed by atoms with Gasteiger partial charge >= 0.3 is 6.03 Å². The first kappa shape index (κ1) is 13.4. The molecule has 0 aromatic heterocycles. The van der Waals surface area contributed by atoms with Gasteiger partial charge in [0.1, 0.15) is 5.82 Å². The summed E-state index contributed by atoms with van der Waals surface area (Å²) in [6.07, 6.45) is 0.755. The van der Waals surface area contributed by atoms with Crippen molar-refractivity contribution in [1.82, 2.24) is 4.90 Å². The second kappa shape index (κ2) is 5.44. The van der Waals surface area contributed by atoms with Gasteiger partial charge in [-0.25, -0.2) is 9.18 Å². The number of carbonyl (C=O) groups excluding carboxylic acids is 1. The zero-order valence-electron chi connectivity index (χ0n) is 11.5. The quantitative estimate of drug-likeness (QED) is 0.791. The van der Waals surface area contributed by atoms with Crippen LogP contribution in [-0.2, 0) is 13.0 Å². The lowest BCUT2D eigenvalue weighted by molar-refractivity contribution is 0.206. The minimum atomic E-state index is -0.442. The van der Waals surface area contributed by atoms with Gasteiger partial charge in [-0.05, 0) is 35.7 Å². The molecule has 0 spiro atoms. The number of para-hydroxylation sites is 1. The van der Waals surface area contributed by atoms with Gasteiger partial charge in [-0.3, -0.25) is 0 Å². The lowest BCUT2D eigenvalue weighted by atomic mass is 9.98. The summed E-state index contributed by atoms with van der Waals surface area (Å²) in [4.78, 5) is 13.9. The number of nitrogens with zero attached hydrogens (tertiary/aromatic N) is 1. The number of nitrogens with one attached hydrogen (secondary N) is 1. The standard InChI is InChI=1S/C16H16FN3O/c17-13-5-1-2-7-15(13)19-16(21)20-9-8-11-4-3-6-14(18)12(11)10-20/h1-7H,8-10,18H2,(H,19,21). The highest BCUT2D eigenvalue weighted by Gasteiger charge is 2.22. The topological polar surface area (TPSA) is 58.4 Å². The highest BCUT2D eigenvalue weighted by molar-refractivity contribution is 5.89. The normalized spacial score (nSPS) is 13.7. The van der Waals surface area contributed by atoms with Crippen molar-refractivity contribution >= 4 is 17.4 Å². The number of amides is 2. The Bertz CT molecular complexity index is 687. The van der Waals surface area contributed by atoms with Crippen LogP contribution < -0.4 is 11.1 Å². The fourth-order valence-corrected chi connectivity index (χ4v) is 2.54. The third-order valence-electron chi connectivity index (χ3n) is 3.71. The predicted molar refractivity (Wildman–Crippen MR) is 80.4 cm³/mol. The molecule has 1 heterocycles. The molecule has 0 atom stereocenters. The van der Waals surface area contributed by atoms with Crippen molar-refractivity contribution in [1.29, 1.82) is 0 Å². The Hall–Kier alpha value is -2.56. The smallest absolute Gasteiger partial charge is 0.322 e. The first-order valence-electron chi connectivity index (χ1n) is 6.82. The molecule has 0 saturated heterocycles. The Kier molecular flexibility index (Phi) is 3.48. The molecule has 0 saturated carbocycles. The first-order valence-corrected chi connectivity index (χ1v) is 6.82. The largest absolute Gasteiger partial charge is 0.398 e. The molecule has 2 amide bonds. The van der Waals surface area contributed by atoms with Crippen molar-refractivity contribution in [3.63, 3.8) is 0 Å². The zero-order valence-corrected chi connectivity index (χ0v) is 11.5.